The largest absolute Gasteiger partial charge is 0.544 e. The molecule has 1 heterocycles. The maximum Gasteiger partial charge on any atom is 0.119 e. The average molecular weight is 304 g/mol. The molecule has 5 heteroatoms. The molecule has 0 saturated carbocycles. The van der Waals surface area contributed by atoms with Gasteiger partial charge in [0.15, 0.2) is 0 Å². The number of thiazole rings is 1. The van der Waals surface area contributed by atoms with Gasteiger partial charge in [0.2, 0.25) is 0 Å². The van der Waals surface area contributed by atoms with Crippen molar-refractivity contribution in [3.63, 3.8) is 0 Å². The van der Waals surface area contributed by atoms with Crippen LogP contribution in [0.25, 0.3) is 0 Å². The molecular formula is C16H18NO3S-. The second-order valence-corrected chi connectivity index (χ2v) is 6.22. The third kappa shape index (κ3) is 4.04. The van der Waals surface area contributed by atoms with E-state index < -0.39 is 5.97 Å². The minimum absolute atomic E-state index is 0.200. The van der Waals surface area contributed by atoms with Crippen LogP contribution in [0, 0.1) is 6.92 Å². The molecule has 0 N–H and O–H groups in total. The first-order valence-electron chi connectivity index (χ1n) is 6.87. The molecule has 0 unspecified atom stereocenters. The lowest BCUT2D eigenvalue weighted by atomic mass is 10.0. The maximum absolute atomic E-state index is 10.8. The Hall–Kier alpha value is -1.88. The van der Waals surface area contributed by atoms with E-state index in [4.69, 9.17) is 4.74 Å². The van der Waals surface area contributed by atoms with E-state index in [1.165, 1.54) is 5.56 Å². The SMILES string of the molecule is Cc1nc(CCOc2ccc(C(C)C)cc2)sc1C(=O)[O-]. The Morgan fingerprint density at radius 3 is 2.52 bits per heavy atom. The summed E-state index contributed by atoms with van der Waals surface area (Å²) in [5.41, 5.74) is 1.78. The minimum atomic E-state index is -1.17. The predicted molar refractivity (Wildman–Crippen MR) is 80.9 cm³/mol. The van der Waals surface area contributed by atoms with Crippen molar-refractivity contribution < 1.29 is 14.6 Å². The molecule has 0 radical (unpaired) electrons. The van der Waals surface area contributed by atoms with Crippen LogP contribution in [0.5, 0.6) is 5.75 Å². The van der Waals surface area contributed by atoms with Gasteiger partial charge in [0.1, 0.15) is 5.75 Å². The highest BCUT2D eigenvalue weighted by Gasteiger charge is 2.08. The molecule has 0 amide bonds. The number of carboxylic acid groups (broad SMARTS) is 1. The van der Waals surface area contributed by atoms with Gasteiger partial charge in [-0.1, -0.05) is 26.0 Å². The summed E-state index contributed by atoms with van der Waals surface area (Å²) < 4.78 is 5.66. The summed E-state index contributed by atoms with van der Waals surface area (Å²) in [4.78, 5) is 15.3. The molecule has 0 fully saturated rings. The monoisotopic (exact) mass is 304 g/mol. The van der Waals surface area contributed by atoms with Crippen LogP contribution < -0.4 is 9.84 Å². The van der Waals surface area contributed by atoms with E-state index in [-0.39, 0.29) is 4.88 Å². The number of aryl methyl sites for hydroxylation is 1. The molecule has 21 heavy (non-hydrogen) atoms. The zero-order chi connectivity index (χ0) is 15.4. The molecule has 2 aromatic rings. The Bertz CT molecular complexity index is 617. The van der Waals surface area contributed by atoms with Gasteiger partial charge in [0.05, 0.1) is 28.2 Å². The summed E-state index contributed by atoms with van der Waals surface area (Å²) in [6.45, 7) is 6.45. The average Bonchev–Trinajstić information content (AvgIpc) is 2.80. The quantitative estimate of drug-likeness (QED) is 0.823. The van der Waals surface area contributed by atoms with Crippen LogP contribution in [0.15, 0.2) is 24.3 Å². The van der Waals surface area contributed by atoms with Crippen molar-refractivity contribution in [1.29, 1.82) is 0 Å². The standard InChI is InChI=1S/C16H19NO3S/c1-10(2)12-4-6-13(7-5-12)20-9-8-14-17-11(3)15(21-14)16(18)19/h4-7,10H,8-9H2,1-3H3,(H,18,19)/p-1. The Morgan fingerprint density at radius 2 is 2.00 bits per heavy atom. The molecule has 0 spiro atoms. The van der Waals surface area contributed by atoms with E-state index in [9.17, 15) is 9.90 Å². The lowest BCUT2D eigenvalue weighted by Gasteiger charge is -2.08. The van der Waals surface area contributed by atoms with Crippen molar-refractivity contribution in [3.05, 3.63) is 45.4 Å². The minimum Gasteiger partial charge on any atom is -0.544 e. The van der Waals surface area contributed by atoms with Crippen LogP contribution in [-0.4, -0.2) is 17.6 Å². The van der Waals surface area contributed by atoms with Crippen LogP contribution in [-0.2, 0) is 6.42 Å². The van der Waals surface area contributed by atoms with Gasteiger partial charge < -0.3 is 14.6 Å². The Labute approximate surface area is 128 Å². The van der Waals surface area contributed by atoms with Crippen molar-refractivity contribution in [3.8, 4) is 5.75 Å². The highest BCUT2D eigenvalue weighted by molar-refractivity contribution is 7.13. The van der Waals surface area contributed by atoms with Gasteiger partial charge in [-0.2, -0.15) is 0 Å². The zero-order valence-electron chi connectivity index (χ0n) is 12.4. The van der Waals surface area contributed by atoms with E-state index in [1.807, 2.05) is 12.1 Å². The predicted octanol–water partition coefficient (Wildman–Crippen LogP) is 2.56. The van der Waals surface area contributed by atoms with Crippen LogP contribution in [0.3, 0.4) is 0 Å². The lowest BCUT2D eigenvalue weighted by molar-refractivity contribution is -0.254. The zero-order valence-corrected chi connectivity index (χ0v) is 13.2. The molecule has 0 saturated heterocycles. The first-order chi connectivity index (χ1) is 9.97. The van der Waals surface area contributed by atoms with E-state index in [0.717, 1.165) is 22.1 Å². The Morgan fingerprint density at radius 1 is 1.33 bits per heavy atom. The Balaban J connectivity index is 1.89. The van der Waals surface area contributed by atoms with E-state index in [1.54, 1.807) is 6.92 Å². The number of aromatic carboxylic acids is 1. The molecule has 112 valence electrons. The maximum atomic E-state index is 10.8. The Kier molecular flexibility index (Phi) is 4.96. The van der Waals surface area contributed by atoms with Crippen molar-refractivity contribution in [1.82, 2.24) is 4.98 Å². The topological polar surface area (TPSA) is 62.2 Å². The van der Waals surface area contributed by atoms with Gasteiger partial charge in [-0.15, -0.1) is 11.3 Å². The fourth-order valence-corrected chi connectivity index (χ4v) is 2.83. The lowest BCUT2D eigenvalue weighted by Crippen LogP contribution is -2.21. The number of ether oxygens (including phenoxy) is 1. The van der Waals surface area contributed by atoms with Crippen LogP contribution in [0.2, 0.25) is 0 Å². The van der Waals surface area contributed by atoms with Gasteiger partial charge in [0, 0.05) is 6.42 Å². The van der Waals surface area contributed by atoms with Gasteiger partial charge >= 0.3 is 0 Å². The summed E-state index contributed by atoms with van der Waals surface area (Å²) in [7, 11) is 0. The number of aromatic nitrogens is 1. The highest BCUT2D eigenvalue weighted by Crippen LogP contribution is 2.20. The molecule has 1 aromatic carbocycles. The van der Waals surface area contributed by atoms with Crippen molar-refractivity contribution >= 4 is 17.3 Å². The van der Waals surface area contributed by atoms with Gasteiger partial charge in [-0.05, 0) is 30.5 Å². The summed E-state index contributed by atoms with van der Waals surface area (Å²) in [5, 5.41) is 11.6. The second kappa shape index (κ2) is 6.72. The van der Waals surface area contributed by atoms with E-state index in [0.29, 0.717) is 24.6 Å². The van der Waals surface area contributed by atoms with Crippen LogP contribution in [0.4, 0.5) is 0 Å². The molecule has 0 bridgehead atoms. The van der Waals surface area contributed by atoms with Gasteiger partial charge in [-0.25, -0.2) is 4.98 Å². The second-order valence-electron chi connectivity index (χ2n) is 5.13. The van der Waals surface area contributed by atoms with Crippen molar-refractivity contribution in [2.75, 3.05) is 6.61 Å². The molecule has 2 rings (SSSR count). The number of hydrogen-bond acceptors (Lipinski definition) is 5. The molecule has 0 aliphatic heterocycles. The molecular weight excluding hydrogens is 286 g/mol. The first-order valence-corrected chi connectivity index (χ1v) is 7.69. The summed E-state index contributed by atoms with van der Waals surface area (Å²) >= 11 is 1.16. The van der Waals surface area contributed by atoms with Gasteiger partial charge in [0.25, 0.3) is 0 Å². The first kappa shape index (κ1) is 15.5. The molecule has 1 aromatic heterocycles. The smallest absolute Gasteiger partial charge is 0.119 e. The summed E-state index contributed by atoms with van der Waals surface area (Å²) in [6, 6.07) is 8.02. The number of hydrogen-bond donors (Lipinski definition) is 0. The van der Waals surface area contributed by atoms with E-state index >= 15 is 0 Å². The number of rotatable bonds is 6. The number of carboxylic acids is 1. The van der Waals surface area contributed by atoms with Gasteiger partial charge in [-0.3, -0.25) is 0 Å². The summed E-state index contributed by atoms with van der Waals surface area (Å²) in [6.07, 6.45) is 0.588. The number of carbonyl (C=O) groups excluding carboxylic acids is 1. The summed E-state index contributed by atoms with van der Waals surface area (Å²) in [5.74, 6) is 0.148. The fraction of sp³-hybridized carbons (Fsp3) is 0.375. The highest BCUT2D eigenvalue weighted by atomic mass is 32.1. The molecule has 0 aliphatic carbocycles. The third-order valence-corrected chi connectivity index (χ3v) is 4.35. The molecule has 0 atom stereocenters. The molecule has 4 nitrogen and oxygen atoms in total. The van der Waals surface area contributed by atoms with Crippen molar-refractivity contribution in [2.45, 2.75) is 33.1 Å². The normalized spacial score (nSPS) is 10.9. The number of carbonyl (C=O) groups is 1. The van der Waals surface area contributed by atoms with Crippen molar-refractivity contribution in [2.24, 2.45) is 0 Å². The number of nitrogens with zero attached hydrogens (tertiary/aromatic N) is 1. The fourth-order valence-electron chi connectivity index (χ4n) is 1.95. The van der Waals surface area contributed by atoms with Crippen LogP contribution in [0.1, 0.15) is 45.7 Å². The third-order valence-electron chi connectivity index (χ3n) is 3.16. The number of benzene rings is 1. The molecule has 0 aliphatic rings. The van der Waals surface area contributed by atoms with Crippen LogP contribution >= 0.6 is 11.3 Å². The van der Waals surface area contributed by atoms with E-state index in [2.05, 4.69) is 31.0 Å².